The molecule has 0 aliphatic rings. The van der Waals surface area contributed by atoms with Crippen LogP contribution in [0.5, 0.6) is 11.5 Å². The van der Waals surface area contributed by atoms with Gasteiger partial charge < -0.3 is 10.1 Å². The van der Waals surface area contributed by atoms with Crippen molar-refractivity contribution in [2.45, 2.75) is 0 Å². The molecular weight excluding hydrogens is 495 g/mol. The Balaban J connectivity index is 1.39. The molecule has 4 nitrogen and oxygen atoms in total. The molecule has 3 aromatic carbocycles. The summed E-state index contributed by atoms with van der Waals surface area (Å²) in [5, 5.41) is 8.15. The van der Waals surface area contributed by atoms with Gasteiger partial charge in [-0.25, -0.2) is 0 Å². The third-order valence-electron chi connectivity index (χ3n) is 4.19. The quantitative estimate of drug-likeness (QED) is 0.277. The van der Waals surface area contributed by atoms with Crippen molar-refractivity contribution >= 4 is 85.2 Å². The molecule has 2 N–H and O–H groups in total. The van der Waals surface area contributed by atoms with Crippen molar-refractivity contribution in [3.05, 3.63) is 86.7 Å². The molecule has 0 aliphatic carbocycles. The van der Waals surface area contributed by atoms with Crippen molar-refractivity contribution in [3.8, 4) is 11.5 Å². The number of benzene rings is 3. The van der Waals surface area contributed by atoms with E-state index in [0.29, 0.717) is 37.1 Å². The molecule has 1 aromatic heterocycles. The van der Waals surface area contributed by atoms with E-state index in [0.717, 1.165) is 10.1 Å². The van der Waals surface area contributed by atoms with Gasteiger partial charge >= 0.3 is 0 Å². The number of carbonyl (C=O) groups excluding carboxylic acids is 1. The van der Waals surface area contributed by atoms with E-state index in [4.69, 9.17) is 51.8 Å². The van der Waals surface area contributed by atoms with Gasteiger partial charge in [0.15, 0.2) is 5.11 Å². The first-order valence-electron chi connectivity index (χ1n) is 8.92. The molecule has 0 unspecified atom stereocenters. The van der Waals surface area contributed by atoms with Crippen LogP contribution in [0.2, 0.25) is 15.1 Å². The van der Waals surface area contributed by atoms with Gasteiger partial charge in [-0.1, -0.05) is 40.9 Å². The van der Waals surface area contributed by atoms with Crippen LogP contribution in [0.1, 0.15) is 9.67 Å². The number of thiophene rings is 1. The lowest BCUT2D eigenvalue weighted by molar-refractivity contribution is 0.0982. The van der Waals surface area contributed by atoms with Crippen LogP contribution in [0.4, 0.5) is 5.69 Å². The van der Waals surface area contributed by atoms with Crippen molar-refractivity contribution in [1.82, 2.24) is 5.32 Å². The third-order valence-corrected chi connectivity index (χ3v) is 6.53. The normalized spacial score (nSPS) is 10.7. The Morgan fingerprint density at radius 3 is 2.16 bits per heavy atom. The number of amides is 1. The molecule has 0 bridgehead atoms. The summed E-state index contributed by atoms with van der Waals surface area (Å²) in [4.78, 5) is 13.0. The number of carbonyl (C=O) groups is 1. The Morgan fingerprint density at radius 1 is 0.871 bits per heavy atom. The molecule has 31 heavy (non-hydrogen) atoms. The lowest BCUT2D eigenvalue weighted by atomic mass is 10.2. The summed E-state index contributed by atoms with van der Waals surface area (Å²) in [6.45, 7) is 0. The van der Waals surface area contributed by atoms with Gasteiger partial charge in [-0.2, -0.15) is 0 Å². The number of nitrogens with one attached hydrogen (secondary N) is 2. The largest absolute Gasteiger partial charge is 0.457 e. The number of hydrogen-bond acceptors (Lipinski definition) is 4. The first-order chi connectivity index (χ1) is 14.9. The summed E-state index contributed by atoms with van der Waals surface area (Å²) in [6, 6.07) is 19.5. The topological polar surface area (TPSA) is 50.4 Å². The van der Waals surface area contributed by atoms with Crippen LogP contribution in [0.15, 0.2) is 66.7 Å². The number of thiocarbonyl (C=S) groups is 1. The fourth-order valence-electron chi connectivity index (χ4n) is 2.75. The van der Waals surface area contributed by atoms with E-state index in [-0.39, 0.29) is 11.0 Å². The fourth-order valence-corrected chi connectivity index (χ4v) is 4.78. The Bertz CT molecular complexity index is 1270. The van der Waals surface area contributed by atoms with Crippen LogP contribution in [0, 0.1) is 0 Å². The van der Waals surface area contributed by atoms with Crippen molar-refractivity contribution < 1.29 is 9.53 Å². The molecule has 0 fully saturated rings. The smallest absolute Gasteiger partial charge is 0.269 e. The standard InChI is InChI=1S/C22H13Cl3N2O2S2/c23-12-1-6-15(7-2-12)29-16-8-4-14(5-9-16)26-22(30)27-21(28)20-19(25)17-10-3-13(24)11-18(17)31-20/h1-11H,(H2,26,27,28,30). The minimum Gasteiger partial charge on any atom is -0.457 e. The highest BCUT2D eigenvalue weighted by molar-refractivity contribution is 7.80. The average molecular weight is 508 g/mol. The molecule has 1 amide bonds. The SMILES string of the molecule is O=C(NC(=S)Nc1ccc(Oc2ccc(Cl)cc2)cc1)c1sc2cc(Cl)ccc2c1Cl. The molecule has 0 atom stereocenters. The number of rotatable bonds is 4. The molecule has 1 heterocycles. The monoisotopic (exact) mass is 506 g/mol. The highest BCUT2D eigenvalue weighted by Gasteiger charge is 2.18. The van der Waals surface area contributed by atoms with Crippen LogP contribution in [0.25, 0.3) is 10.1 Å². The maximum Gasteiger partial charge on any atom is 0.269 e. The molecule has 0 radical (unpaired) electrons. The van der Waals surface area contributed by atoms with Crippen molar-refractivity contribution in [1.29, 1.82) is 0 Å². The van der Waals surface area contributed by atoms with E-state index >= 15 is 0 Å². The second kappa shape index (κ2) is 9.42. The van der Waals surface area contributed by atoms with E-state index < -0.39 is 0 Å². The zero-order chi connectivity index (χ0) is 22.0. The average Bonchev–Trinajstić information content (AvgIpc) is 3.07. The van der Waals surface area contributed by atoms with Gasteiger partial charge in [0, 0.05) is 25.8 Å². The maximum atomic E-state index is 12.6. The van der Waals surface area contributed by atoms with Gasteiger partial charge in [-0.15, -0.1) is 11.3 Å². The number of fused-ring (bicyclic) bond motifs is 1. The Morgan fingerprint density at radius 2 is 1.48 bits per heavy atom. The zero-order valence-corrected chi connectivity index (χ0v) is 19.5. The zero-order valence-electron chi connectivity index (χ0n) is 15.6. The lowest BCUT2D eigenvalue weighted by Crippen LogP contribution is -2.33. The van der Waals surface area contributed by atoms with E-state index in [2.05, 4.69) is 10.6 Å². The Hall–Kier alpha value is -2.35. The summed E-state index contributed by atoms with van der Waals surface area (Å²) < 4.78 is 6.59. The van der Waals surface area contributed by atoms with Gasteiger partial charge in [0.05, 0.1) is 5.02 Å². The number of halogens is 3. The first kappa shape index (κ1) is 21.9. The van der Waals surface area contributed by atoms with Gasteiger partial charge in [-0.05, 0) is 72.9 Å². The molecular formula is C22H13Cl3N2O2S2. The van der Waals surface area contributed by atoms with Gasteiger partial charge in [0.1, 0.15) is 16.4 Å². The van der Waals surface area contributed by atoms with Gasteiger partial charge in [0.25, 0.3) is 5.91 Å². The van der Waals surface area contributed by atoms with E-state index in [1.54, 1.807) is 66.7 Å². The van der Waals surface area contributed by atoms with Crippen LogP contribution >= 0.6 is 58.4 Å². The molecule has 0 saturated carbocycles. The van der Waals surface area contributed by atoms with Crippen LogP contribution in [-0.2, 0) is 0 Å². The highest BCUT2D eigenvalue weighted by Crippen LogP contribution is 2.36. The van der Waals surface area contributed by atoms with E-state index in [1.165, 1.54) is 11.3 Å². The van der Waals surface area contributed by atoms with Gasteiger partial charge in [0.2, 0.25) is 0 Å². The summed E-state index contributed by atoms with van der Waals surface area (Å²) in [6.07, 6.45) is 0. The maximum absolute atomic E-state index is 12.6. The number of anilines is 1. The first-order valence-corrected chi connectivity index (χ1v) is 11.3. The molecule has 0 saturated heterocycles. The van der Waals surface area contributed by atoms with Crippen LogP contribution < -0.4 is 15.4 Å². The molecule has 0 spiro atoms. The molecule has 4 rings (SSSR count). The molecule has 0 aliphatic heterocycles. The lowest BCUT2D eigenvalue weighted by Gasteiger charge is -2.10. The van der Waals surface area contributed by atoms with E-state index in [1.807, 2.05) is 0 Å². The van der Waals surface area contributed by atoms with Crippen LogP contribution in [-0.4, -0.2) is 11.0 Å². The predicted octanol–water partition coefficient (Wildman–Crippen LogP) is 7.78. The minimum absolute atomic E-state index is 0.155. The van der Waals surface area contributed by atoms with E-state index in [9.17, 15) is 4.79 Å². The summed E-state index contributed by atoms with van der Waals surface area (Å²) >= 11 is 24.8. The number of hydrogen-bond donors (Lipinski definition) is 2. The second-order valence-corrected chi connectivity index (χ2v) is 9.09. The minimum atomic E-state index is -0.387. The Labute approximate surface area is 202 Å². The van der Waals surface area contributed by atoms with Gasteiger partial charge in [-0.3, -0.25) is 10.1 Å². The highest BCUT2D eigenvalue weighted by atomic mass is 35.5. The van der Waals surface area contributed by atoms with Crippen molar-refractivity contribution in [3.63, 3.8) is 0 Å². The predicted molar refractivity (Wildman–Crippen MR) is 133 cm³/mol. The summed E-state index contributed by atoms with van der Waals surface area (Å²) in [7, 11) is 0. The second-order valence-electron chi connectivity index (χ2n) is 6.37. The van der Waals surface area contributed by atoms with Crippen molar-refractivity contribution in [2.75, 3.05) is 5.32 Å². The number of ether oxygens (including phenoxy) is 1. The summed E-state index contributed by atoms with van der Waals surface area (Å²) in [5.41, 5.74) is 0.697. The summed E-state index contributed by atoms with van der Waals surface area (Å²) in [5.74, 6) is 0.940. The van der Waals surface area contributed by atoms with Crippen molar-refractivity contribution in [2.24, 2.45) is 0 Å². The Kier molecular flexibility index (Phi) is 6.65. The van der Waals surface area contributed by atoms with Crippen LogP contribution in [0.3, 0.4) is 0 Å². The molecule has 4 aromatic rings. The fraction of sp³-hybridized carbons (Fsp3) is 0. The molecule has 9 heteroatoms. The molecule has 156 valence electrons. The third kappa shape index (κ3) is 5.29.